The summed E-state index contributed by atoms with van der Waals surface area (Å²) in [6.45, 7) is 2.37. The Morgan fingerprint density at radius 1 is 1.00 bits per heavy atom. The second-order valence-electron chi connectivity index (χ2n) is 8.79. The quantitative estimate of drug-likeness (QED) is 0.153. The number of aromatic nitrogens is 1. The topological polar surface area (TPSA) is 75.6 Å². The predicted molar refractivity (Wildman–Crippen MR) is 154 cm³/mol. The van der Waals surface area contributed by atoms with Crippen LogP contribution < -0.4 is 15.5 Å². The standard InChI is InChI=1S/C31H25FN4O2S/c1-21-5-15-27(16-6-21)34-31-35-29(20-39-31)24-9-11-25(12-10-24)30(37)36-33-18-23-3-2-4-28(17-23)38-19-22-7-13-26(32)14-8-22/h2-18,20H,19H2,1H3,(H,34,35)(H,36,37)/b33-18-. The molecular weight excluding hydrogens is 511 g/mol. The number of halogens is 1. The second kappa shape index (κ2) is 12.1. The maximum atomic E-state index is 13.1. The first-order valence-corrected chi connectivity index (χ1v) is 13.1. The summed E-state index contributed by atoms with van der Waals surface area (Å²) < 4.78 is 18.8. The molecule has 0 atom stereocenters. The van der Waals surface area contributed by atoms with Gasteiger partial charge in [-0.05, 0) is 66.6 Å². The first-order valence-electron chi connectivity index (χ1n) is 12.2. The van der Waals surface area contributed by atoms with Crippen LogP contribution in [0.2, 0.25) is 0 Å². The van der Waals surface area contributed by atoms with Crippen LogP contribution in [0.5, 0.6) is 5.75 Å². The highest BCUT2D eigenvalue weighted by Gasteiger charge is 2.08. The Hall–Kier alpha value is -4.82. The number of amides is 1. The van der Waals surface area contributed by atoms with Crippen LogP contribution in [0.15, 0.2) is 108 Å². The van der Waals surface area contributed by atoms with E-state index in [1.165, 1.54) is 29.0 Å². The van der Waals surface area contributed by atoms with Crippen LogP contribution in [0.4, 0.5) is 15.2 Å². The van der Waals surface area contributed by atoms with Gasteiger partial charge in [-0.25, -0.2) is 14.8 Å². The van der Waals surface area contributed by atoms with Gasteiger partial charge in [0.2, 0.25) is 0 Å². The van der Waals surface area contributed by atoms with Gasteiger partial charge < -0.3 is 10.1 Å². The van der Waals surface area contributed by atoms with Gasteiger partial charge in [-0.1, -0.05) is 54.1 Å². The molecule has 0 fully saturated rings. The third-order valence-corrected chi connectivity index (χ3v) is 6.56. The Balaban J connectivity index is 1.14. The number of thiazole rings is 1. The highest BCUT2D eigenvalue weighted by atomic mass is 32.1. The highest BCUT2D eigenvalue weighted by Crippen LogP contribution is 2.27. The molecule has 194 valence electrons. The SMILES string of the molecule is Cc1ccc(Nc2nc(-c3ccc(C(=O)N/N=C\c4cccc(OCc5ccc(F)cc5)c4)cc3)cs2)cc1. The largest absolute Gasteiger partial charge is 0.489 e. The number of anilines is 2. The smallest absolute Gasteiger partial charge is 0.271 e. The van der Waals surface area contributed by atoms with Crippen molar-refractivity contribution in [3.05, 3.63) is 131 Å². The number of nitrogens with zero attached hydrogens (tertiary/aromatic N) is 2. The van der Waals surface area contributed by atoms with Gasteiger partial charge in [0.05, 0.1) is 11.9 Å². The second-order valence-corrected chi connectivity index (χ2v) is 9.65. The summed E-state index contributed by atoms with van der Waals surface area (Å²) in [5.41, 5.74) is 8.61. The summed E-state index contributed by atoms with van der Waals surface area (Å²) in [5, 5.41) is 10.2. The van der Waals surface area contributed by atoms with Crippen LogP contribution in [0, 0.1) is 12.7 Å². The lowest BCUT2D eigenvalue weighted by molar-refractivity contribution is 0.0955. The van der Waals surface area contributed by atoms with Gasteiger partial charge in [0.15, 0.2) is 5.13 Å². The molecule has 1 heterocycles. The number of aryl methyl sites for hydroxylation is 1. The fourth-order valence-electron chi connectivity index (χ4n) is 3.68. The Labute approximate surface area is 229 Å². The Kier molecular flexibility index (Phi) is 8.04. The minimum Gasteiger partial charge on any atom is -0.489 e. The van der Waals surface area contributed by atoms with Crippen molar-refractivity contribution < 1.29 is 13.9 Å². The van der Waals surface area contributed by atoms with Crippen molar-refractivity contribution in [3.63, 3.8) is 0 Å². The van der Waals surface area contributed by atoms with Crippen molar-refractivity contribution in [1.29, 1.82) is 0 Å². The van der Waals surface area contributed by atoms with Gasteiger partial charge in [-0.15, -0.1) is 11.3 Å². The van der Waals surface area contributed by atoms with Crippen LogP contribution in [-0.4, -0.2) is 17.1 Å². The van der Waals surface area contributed by atoms with E-state index in [0.717, 1.165) is 33.2 Å². The van der Waals surface area contributed by atoms with Crippen molar-refractivity contribution in [1.82, 2.24) is 10.4 Å². The molecule has 5 rings (SSSR count). The van der Waals surface area contributed by atoms with Crippen LogP contribution in [0.1, 0.15) is 27.0 Å². The summed E-state index contributed by atoms with van der Waals surface area (Å²) in [7, 11) is 0. The van der Waals surface area contributed by atoms with Crippen molar-refractivity contribution in [2.45, 2.75) is 13.5 Å². The van der Waals surface area contributed by atoms with Gasteiger partial charge in [0.1, 0.15) is 18.2 Å². The Morgan fingerprint density at radius 2 is 1.77 bits per heavy atom. The molecule has 0 radical (unpaired) electrons. The average Bonchev–Trinajstić information content (AvgIpc) is 3.43. The number of hydrogen-bond donors (Lipinski definition) is 2. The van der Waals surface area contributed by atoms with E-state index in [1.807, 2.05) is 66.0 Å². The predicted octanol–water partition coefficient (Wildman–Crippen LogP) is 7.34. The first-order chi connectivity index (χ1) is 19.0. The van der Waals surface area contributed by atoms with E-state index in [-0.39, 0.29) is 11.7 Å². The lowest BCUT2D eigenvalue weighted by atomic mass is 10.1. The molecule has 4 aromatic carbocycles. The molecule has 5 aromatic rings. The lowest BCUT2D eigenvalue weighted by Crippen LogP contribution is -2.17. The molecular formula is C31H25FN4O2S. The molecule has 2 N–H and O–H groups in total. The molecule has 0 aliphatic heterocycles. The van der Waals surface area contributed by atoms with Gasteiger partial charge in [-0.2, -0.15) is 5.10 Å². The van der Waals surface area contributed by atoms with Gasteiger partial charge in [0, 0.05) is 22.2 Å². The fourth-order valence-corrected chi connectivity index (χ4v) is 4.42. The lowest BCUT2D eigenvalue weighted by Gasteiger charge is -2.07. The van der Waals surface area contributed by atoms with E-state index < -0.39 is 0 Å². The normalized spacial score (nSPS) is 10.9. The summed E-state index contributed by atoms with van der Waals surface area (Å²) in [5.74, 6) is 0.0427. The molecule has 0 saturated heterocycles. The highest BCUT2D eigenvalue weighted by molar-refractivity contribution is 7.14. The molecule has 0 spiro atoms. The molecule has 0 aliphatic carbocycles. The van der Waals surface area contributed by atoms with E-state index in [0.29, 0.717) is 17.9 Å². The number of nitrogens with one attached hydrogen (secondary N) is 2. The van der Waals surface area contributed by atoms with E-state index >= 15 is 0 Å². The van der Waals surface area contributed by atoms with E-state index in [1.54, 1.807) is 30.5 Å². The zero-order valence-corrected chi connectivity index (χ0v) is 21.9. The van der Waals surface area contributed by atoms with Crippen molar-refractivity contribution >= 4 is 34.3 Å². The summed E-state index contributed by atoms with van der Waals surface area (Å²) in [4.78, 5) is 17.2. The maximum Gasteiger partial charge on any atom is 0.271 e. The third-order valence-electron chi connectivity index (χ3n) is 5.81. The fraction of sp³-hybridized carbons (Fsp3) is 0.0645. The minimum atomic E-state index is -0.318. The van der Waals surface area contributed by atoms with E-state index in [2.05, 4.69) is 27.8 Å². The minimum absolute atomic E-state index is 0.282. The molecule has 0 aliphatic rings. The molecule has 0 bridgehead atoms. The Morgan fingerprint density at radius 3 is 2.54 bits per heavy atom. The van der Waals surface area contributed by atoms with E-state index in [9.17, 15) is 9.18 Å². The summed E-state index contributed by atoms with van der Waals surface area (Å²) in [6, 6.07) is 28.9. The number of benzene rings is 4. The number of carbonyl (C=O) groups excluding carboxylic acids is 1. The maximum absolute atomic E-state index is 13.1. The van der Waals surface area contributed by atoms with Crippen LogP contribution in [-0.2, 0) is 6.61 Å². The number of hydrogen-bond acceptors (Lipinski definition) is 6. The first kappa shape index (κ1) is 25.8. The van der Waals surface area contributed by atoms with Crippen molar-refractivity contribution in [2.75, 3.05) is 5.32 Å². The molecule has 6 nitrogen and oxygen atoms in total. The Bertz CT molecular complexity index is 1580. The van der Waals surface area contributed by atoms with Crippen molar-refractivity contribution in [3.8, 4) is 17.0 Å². The third kappa shape index (κ3) is 7.15. The number of carbonyl (C=O) groups is 1. The van der Waals surface area contributed by atoms with Crippen LogP contribution in [0.3, 0.4) is 0 Å². The summed E-state index contributed by atoms with van der Waals surface area (Å²) >= 11 is 1.52. The van der Waals surface area contributed by atoms with Crippen LogP contribution >= 0.6 is 11.3 Å². The molecule has 8 heteroatoms. The molecule has 1 amide bonds. The van der Waals surface area contributed by atoms with Crippen LogP contribution in [0.25, 0.3) is 11.3 Å². The van der Waals surface area contributed by atoms with Crippen molar-refractivity contribution in [2.24, 2.45) is 5.10 Å². The van der Waals surface area contributed by atoms with Gasteiger partial charge >= 0.3 is 0 Å². The molecule has 39 heavy (non-hydrogen) atoms. The number of hydrazone groups is 1. The molecule has 1 aromatic heterocycles. The zero-order chi connectivity index (χ0) is 27.0. The zero-order valence-electron chi connectivity index (χ0n) is 21.1. The van der Waals surface area contributed by atoms with E-state index in [4.69, 9.17) is 4.74 Å². The number of ether oxygens (including phenoxy) is 1. The summed E-state index contributed by atoms with van der Waals surface area (Å²) in [6.07, 6.45) is 1.55. The monoisotopic (exact) mass is 536 g/mol. The molecule has 0 unspecified atom stereocenters. The number of rotatable bonds is 9. The van der Waals surface area contributed by atoms with Gasteiger partial charge in [0.25, 0.3) is 5.91 Å². The average molecular weight is 537 g/mol. The van der Waals surface area contributed by atoms with Gasteiger partial charge in [-0.3, -0.25) is 4.79 Å². The molecule has 0 saturated carbocycles.